The van der Waals surface area contributed by atoms with Gasteiger partial charge in [0.2, 0.25) is 10.0 Å². The van der Waals surface area contributed by atoms with Crippen LogP contribution in [-0.4, -0.2) is 23.2 Å². The molecule has 21 heavy (non-hydrogen) atoms. The van der Waals surface area contributed by atoms with Crippen molar-refractivity contribution in [3.8, 4) is 5.75 Å². The Bertz CT molecular complexity index is 725. The molecule has 0 saturated heterocycles. The van der Waals surface area contributed by atoms with Gasteiger partial charge in [0, 0.05) is 6.54 Å². The molecule has 114 valence electrons. The first kappa shape index (κ1) is 15.5. The van der Waals surface area contributed by atoms with Gasteiger partial charge in [0.05, 0.1) is 4.90 Å². The second kappa shape index (κ2) is 6.23. The highest BCUT2D eigenvalue weighted by atomic mass is 32.2. The maximum atomic E-state index is 11.3. The van der Waals surface area contributed by atoms with E-state index in [0.717, 1.165) is 18.8 Å². The number of nitrogens with two attached hydrogens (primary N) is 1. The largest absolute Gasteiger partial charge is 0.486 e. The minimum absolute atomic E-state index is 0.101. The van der Waals surface area contributed by atoms with Gasteiger partial charge < -0.3 is 4.74 Å². The van der Waals surface area contributed by atoms with Crippen molar-refractivity contribution in [2.45, 2.75) is 38.3 Å². The first-order valence-electron chi connectivity index (χ1n) is 6.54. The highest BCUT2D eigenvalue weighted by Crippen LogP contribution is 2.20. The molecule has 0 saturated carbocycles. The molecule has 2 aromatic rings. The molecule has 2 N–H and O–H groups in total. The third-order valence-electron chi connectivity index (χ3n) is 2.95. The summed E-state index contributed by atoms with van der Waals surface area (Å²) in [6, 6.07) is 4.66. The summed E-state index contributed by atoms with van der Waals surface area (Å²) in [5.41, 5.74) is 0.546. The maximum Gasteiger partial charge on any atom is 0.238 e. The lowest BCUT2D eigenvalue weighted by molar-refractivity contribution is 0.286. The fourth-order valence-electron chi connectivity index (χ4n) is 1.98. The van der Waals surface area contributed by atoms with Crippen LogP contribution in [0.4, 0.5) is 0 Å². The van der Waals surface area contributed by atoms with Gasteiger partial charge in [-0.2, -0.15) is 5.10 Å². The molecule has 1 aromatic carbocycles. The maximum absolute atomic E-state index is 11.3. The number of hydrogen-bond donors (Lipinski definition) is 1. The van der Waals surface area contributed by atoms with E-state index in [0.29, 0.717) is 11.3 Å². The molecule has 0 radical (unpaired) electrons. The summed E-state index contributed by atoms with van der Waals surface area (Å²) in [6.45, 7) is 4.78. The van der Waals surface area contributed by atoms with Crippen LogP contribution in [0.15, 0.2) is 29.4 Å². The van der Waals surface area contributed by atoms with Crippen molar-refractivity contribution in [3.63, 3.8) is 0 Å². The van der Waals surface area contributed by atoms with E-state index >= 15 is 0 Å². The number of hydrogen-bond acceptors (Lipinski definition) is 5. The Balaban J connectivity index is 2.11. The van der Waals surface area contributed by atoms with Crippen LogP contribution in [0.5, 0.6) is 5.75 Å². The van der Waals surface area contributed by atoms with E-state index in [2.05, 4.69) is 17.0 Å². The summed E-state index contributed by atoms with van der Waals surface area (Å²) in [4.78, 5) is 4.24. The summed E-state index contributed by atoms with van der Waals surface area (Å²) >= 11 is 0. The van der Waals surface area contributed by atoms with Crippen molar-refractivity contribution in [1.82, 2.24) is 14.8 Å². The van der Waals surface area contributed by atoms with E-state index in [1.54, 1.807) is 23.7 Å². The minimum atomic E-state index is -3.70. The topological polar surface area (TPSA) is 100 Å². The molecule has 0 fully saturated rings. The van der Waals surface area contributed by atoms with Gasteiger partial charge in [0.25, 0.3) is 0 Å². The number of rotatable bonds is 6. The quantitative estimate of drug-likeness (QED) is 0.864. The average molecular weight is 310 g/mol. The number of nitrogens with zero attached hydrogens (tertiary/aromatic N) is 3. The van der Waals surface area contributed by atoms with Gasteiger partial charge in [0.1, 0.15) is 18.7 Å². The van der Waals surface area contributed by atoms with Gasteiger partial charge >= 0.3 is 0 Å². The highest BCUT2D eigenvalue weighted by molar-refractivity contribution is 7.89. The molecule has 0 bridgehead atoms. The summed E-state index contributed by atoms with van der Waals surface area (Å²) in [7, 11) is -3.70. The molecular weight excluding hydrogens is 292 g/mol. The third kappa shape index (κ3) is 3.79. The number of ether oxygens (including phenoxy) is 1. The number of aryl methyl sites for hydroxylation is 2. The van der Waals surface area contributed by atoms with Crippen molar-refractivity contribution in [2.75, 3.05) is 0 Å². The van der Waals surface area contributed by atoms with Gasteiger partial charge in [0.15, 0.2) is 5.82 Å². The van der Waals surface area contributed by atoms with Crippen LogP contribution in [-0.2, 0) is 23.2 Å². The van der Waals surface area contributed by atoms with Crippen molar-refractivity contribution in [3.05, 3.63) is 35.9 Å². The van der Waals surface area contributed by atoms with Crippen LogP contribution in [0.1, 0.15) is 24.7 Å². The summed E-state index contributed by atoms with van der Waals surface area (Å²) in [5.74, 6) is 1.29. The van der Waals surface area contributed by atoms with Crippen LogP contribution in [0.2, 0.25) is 0 Å². The van der Waals surface area contributed by atoms with Crippen molar-refractivity contribution in [1.29, 1.82) is 0 Å². The zero-order valence-corrected chi connectivity index (χ0v) is 12.8. The van der Waals surface area contributed by atoms with E-state index in [1.807, 2.05) is 0 Å². The normalized spacial score (nSPS) is 11.6. The fraction of sp³-hybridized carbons (Fsp3) is 0.385. The Morgan fingerprint density at radius 2 is 2.14 bits per heavy atom. The number of sulfonamides is 1. The second-order valence-corrected chi connectivity index (χ2v) is 6.19. The lowest BCUT2D eigenvalue weighted by Crippen LogP contribution is -2.13. The molecule has 1 heterocycles. The summed E-state index contributed by atoms with van der Waals surface area (Å²) in [5, 5.41) is 9.23. The fourth-order valence-corrected chi connectivity index (χ4v) is 2.74. The molecule has 0 atom stereocenters. The van der Waals surface area contributed by atoms with Gasteiger partial charge in [-0.15, -0.1) is 0 Å². The molecule has 7 nitrogen and oxygen atoms in total. The SMILES string of the molecule is CCCn1ncnc1COc1ccc(S(N)(=O)=O)c(C)c1. The molecule has 0 aliphatic rings. The van der Waals surface area contributed by atoms with E-state index in [1.165, 1.54) is 12.4 Å². The van der Waals surface area contributed by atoms with Gasteiger partial charge in [-0.3, -0.25) is 0 Å². The first-order chi connectivity index (χ1) is 9.91. The smallest absolute Gasteiger partial charge is 0.238 e. The molecule has 0 aliphatic heterocycles. The number of benzene rings is 1. The monoisotopic (exact) mass is 310 g/mol. The van der Waals surface area contributed by atoms with E-state index < -0.39 is 10.0 Å². The van der Waals surface area contributed by atoms with Crippen LogP contribution in [0.25, 0.3) is 0 Å². The zero-order chi connectivity index (χ0) is 15.5. The molecule has 1 aromatic heterocycles. The van der Waals surface area contributed by atoms with Gasteiger partial charge in [-0.05, 0) is 37.1 Å². The zero-order valence-electron chi connectivity index (χ0n) is 12.0. The average Bonchev–Trinajstić information content (AvgIpc) is 2.83. The molecule has 0 amide bonds. The van der Waals surface area contributed by atoms with Gasteiger partial charge in [-0.1, -0.05) is 6.92 Å². The van der Waals surface area contributed by atoms with E-state index in [-0.39, 0.29) is 11.5 Å². The minimum Gasteiger partial charge on any atom is -0.486 e. The highest BCUT2D eigenvalue weighted by Gasteiger charge is 2.12. The number of aromatic nitrogens is 3. The molecule has 0 aliphatic carbocycles. The van der Waals surface area contributed by atoms with E-state index in [4.69, 9.17) is 9.88 Å². The molecule has 0 unspecified atom stereocenters. The predicted molar refractivity (Wildman–Crippen MR) is 77.2 cm³/mol. The third-order valence-corrected chi connectivity index (χ3v) is 4.02. The van der Waals surface area contributed by atoms with E-state index in [9.17, 15) is 8.42 Å². The Hall–Kier alpha value is -1.93. The summed E-state index contributed by atoms with van der Waals surface area (Å²) in [6.07, 6.45) is 2.45. The lowest BCUT2D eigenvalue weighted by Gasteiger charge is -2.09. The number of primary sulfonamides is 1. The van der Waals surface area contributed by atoms with Crippen LogP contribution < -0.4 is 9.88 Å². The Kier molecular flexibility index (Phi) is 4.59. The van der Waals surface area contributed by atoms with Crippen LogP contribution in [0.3, 0.4) is 0 Å². The summed E-state index contributed by atoms with van der Waals surface area (Å²) < 4.78 is 30.1. The van der Waals surface area contributed by atoms with Crippen molar-refractivity contribution < 1.29 is 13.2 Å². The Morgan fingerprint density at radius 3 is 2.76 bits per heavy atom. The van der Waals surface area contributed by atoms with Gasteiger partial charge in [-0.25, -0.2) is 23.2 Å². The van der Waals surface area contributed by atoms with Crippen LogP contribution in [0, 0.1) is 6.92 Å². The van der Waals surface area contributed by atoms with Crippen molar-refractivity contribution >= 4 is 10.0 Å². The van der Waals surface area contributed by atoms with Crippen LogP contribution >= 0.6 is 0 Å². The first-order valence-corrected chi connectivity index (χ1v) is 8.09. The second-order valence-electron chi connectivity index (χ2n) is 4.66. The lowest BCUT2D eigenvalue weighted by atomic mass is 10.2. The van der Waals surface area contributed by atoms with Crippen molar-refractivity contribution in [2.24, 2.45) is 5.14 Å². The predicted octanol–water partition coefficient (Wildman–Crippen LogP) is 1.22. The Morgan fingerprint density at radius 1 is 1.38 bits per heavy atom. The molecule has 0 spiro atoms. The molecular formula is C13H18N4O3S. The molecule has 2 rings (SSSR count). The standard InChI is InChI=1S/C13H18N4O3S/c1-3-6-17-13(15-9-16-17)8-20-11-4-5-12(10(2)7-11)21(14,18)19/h4-5,7,9H,3,6,8H2,1-2H3,(H2,14,18,19). The Labute approximate surface area is 123 Å². The molecule has 8 heteroatoms.